The van der Waals surface area contributed by atoms with Crippen molar-refractivity contribution in [3.05, 3.63) is 52.0 Å². The Morgan fingerprint density at radius 1 is 0.931 bits per heavy atom. The number of hydrogen-bond donors (Lipinski definition) is 0. The number of rotatable bonds is 5. The van der Waals surface area contributed by atoms with Gasteiger partial charge < -0.3 is 14.4 Å². The maximum absolute atomic E-state index is 13.0. The molecular formula is C19H20Cl2N2O5S. The summed E-state index contributed by atoms with van der Waals surface area (Å²) < 4.78 is 37.8. The highest BCUT2D eigenvalue weighted by atomic mass is 35.5. The Balaban J connectivity index is 1.78. The highest BCUT2D eigenvalue weighted by Gasteiger charge is 2.34. The second-order valence-corrected chi connectivity index (χ2v) is 8.98. The first-order chi connectivity index (χ1) is 13.8. The van der Waals surface area contributed by atoms with Gasteiger partial charge in [-0.3, -0.25) is 4.79 Å². The molecule has 1 aliphatic heterocycles. The maximum Gasteiger partial charge on any atom is 0.257 e. The van der Waals surface area contributed by atoms with Crippen LogP contribution in [0.2, 0.25) is 10.0 Å². The summed E-state index contributed by atoms with van der Waals surface area (Å²) in [5, 5.41) is 0.134. The minimum Gasteiger partial charge on any atom is -0.493 e. The molecule has 3 rings (SSSR count). The zero-order valence-corrected chi connectivity index (χ0v) is 18.2. The smallest absolute Gasteiger partial charge is 0.257 e. The molecule has 0 spiro atoms. The highest BCUT2D eigenvalue weighted by Crippen LogP contribution is 2.33. The molecule has 0 aliphatic carbocycles. The topological polar surface area (TPSA) is 76.2 Å². The lowest BCUT2D eigenvalue weighted by Gasteiger charge is -2.34. The van der Waals surface area contributed by atoms with Crippen LogP contribution in [0.15, 0.2) is 41.3 Å². The number of nitrogens with zero attached hydrogens (tertiary/aromatic N) is 2. The van der Waals surface area contributed by atoms with Crippen molar-refractivity contribution >= 4 is 39.1 Å². The van der Waals surface area contributed by atoms with E-state index in [1.54, 1.807) is 29.2 Å². The fourth-order valence-electron chi connectivity index (χ4n) is 3.22. The lowest BCUT2D eigenvalue weighted by atomic mass is 10.1. The molecule has 2 aromatic carbocycles. The first kappa shape index (κ1) is 21.7. The van der Waals surface area contributed by atoms with Crippen LogP contribution < -0.4 is 9.47 Å². The molecule has 1 heterocycles. The molecule has 10 heteroatoms. The molecule has 2 aromatic rings. The van der Waals surface area contributed by atoms with E-state index in [2.05, 4.69) is 0 Å². The van der Waals surface area contributed by atoms with E-state index in [1.807, 2.05) is 0 Å². The van der Waals surface area contributed by atoms with Crippen molar-refractivity contribution in [3.8, 4) is 11.5 Å². The molecule has 1 saturated heterocycles. The van der Waals surface area contributed by atoms with Crippen LogP contribution in [0.25, 0.3) is 0 Å². The minimum absolute atomic E-state index is 0.0668. The Kier molecular flexibility index (Phi) is 6.58. The average Bonchev–Trinajstić information content (AvgIpc) is 2.72. The number of carbonyl (C=O) groups is 1. The van der Waals surface area contributed by atoms with Crippen LogP contribution >= 0.6 is 23.2 Å². The molecule has 29 heavy (non-hydrogen) atoms. The van der Waals surface area contributed by atoms with Crippen LogP contribution in [0.3, 0.4) is 0 Å². The van der Waals surface area contributed by atoms with E-state index in [-0.39, 0.29) is 47.0 Å². The van der Waals surface area contributed by atoms with Crippen molar-refractivity contribution in [2.75, 3.05) is 40.4 Å². The molecule has 0 saturated carbocycles. The summed E-state index contributed by atoms with van der Waals surface area (Å²) in [7, 11) is -0.913. The van der Waals surface area contributed by atoms with Crippen molar-refractivity contribution in [1.29, 1.82) is 0 Å². The number of ether oxygens (including phenoxy) is 2. The number of para-hydroxylation sites is 1. The monoisotopic (exact) mass is 458 g/mol. The first-order valence-corrected chi connectivity index (χ1v) is 10.9. The summed E-state index contributed by atoms with van der Waals surface area (Å²) in [4.78, 5) is 14.4. The Morgan fingerprint density at radius 2 is 1.52 bits per heavy atom. The molecule has 0 unspecified atom stereocenters. The SMILES string of the molecule is COc1cccc(C(=O)N2CCN(S(=O)(=O)c3c(Cl)cccc3Cl)CC2)c1OC. The van der Waals surface area contributed by atoms with E-state index in [1.165, 1.54) is 30.7 Å². The van der Waals surface area contributed by atoms with Crippen molar-refractivity contribution < 1.29 is 22.7 Å². The fourth-order valence-corrected chi connectivity index (χ4v) is 5.73. The van der Waals surface area contributed by atoms with Crippen molar-refractivity contribution in [1.82, 2.24) is 9.21 Å². The predicted molar refractivity (Wildman–Crippen MR) is 111 cm³/mol. The van der Waals surface area contributed by atoms with E-state index < -0.39 is 10.0 Å². The van der Waals surface area contributed by atoms with Crippen LogP contribution in [0.4, 0.5) is 0 Å². The van der Waals surface area contributed by atoms with Gasteiger partial charge in [0.1, 0.15) is 4.90 Å². The van der Waals surface area contributed by atoms with Crippen LogP contribution in [0, 0.1) is 0 Å². The lowest BCUT2D eigenvalue weighted by molar-refractivity contribution is 0.0694. The molecular weight excluding hydrogens is 439 g/mol. The van der Waals surface area contributed by atoms with Gasteiger partial charge in [-0.1, -0.05) is 35.3 Å². The third-order valence-electron chi connectivity index (χ3n) is 4.68. The van der Waals surface area contributed by atoms with Gasteiger partial charge in [0.15, 0.2) is 11.5 Å². The maximum atomic E-state index is 13.0. The van der Waals surface area contributed by atoms with Crippen LogP contribution in [-0.2, 0) is 10.0 Å². The van der Waals surface area contributed by atoms with Crippen molar-refractivity contribution in [2.45, 2.75) is 4.90 Å². The largest absolute Gasteiger partial charge is 0.493 e. The minimum atomic E-state index is -3.87. The van der Waals surface area contributed by atoms with Crippen LogP contribution in [0.5, 0.6) is 11.5 Å². The number of benzene rings is 2. The molecule has 7 nitrogen and oxygen atoms in total. The Hall–Kier alpha value is -2.00. The molecule has 0 radical (unpaired) electrons. The molecule has 1 fully saturated rings. The van der Waals surface area contributed by atoms with Gasteiger partial charge in [-0.05, 0) is 24.3 Å². The second kappa shape index (κ2) is 8.79. The van der Waals surface area contributed by atoms with Gasteiger partial charge in [-0.25, -0.2) is 8.42 Å². The zero-order valence-electron chi connectivity index (χ0n) is 15.9. The van der Waals surface area contributed by atoms with E-state index in [0.29, 0.717) is 17.1 Å². The Labute approximate surface area is 179 Å². The summed E-state index contributed by atoms with van der Waals surface area (Å²) in [6, 6.07) is 9.60. The molecule has 0 bridgehead atoms. The van der Waals surface area contributed by atoms with Gasteiger partial charge in [-0.15, -0.1) is 0 Å². The van der Waals surface area contributed by atoms with E-state index in [4.69, 9.17) is 32.7 Å². The number of methoxy groups -OCH3 is 2. The molecule has 0 aromatic heterocycles. The van der Waals surface area contributed by atoms with E-state index in [0.717, 1.165) is 0 Å². The summed E-state index contributed by atoms with van der Waals surface area (Å²) in [6.07, 6.45) is 0. The fraction of sp³-hybridized carbons (Fsp3) is 0.316. The number of halogens is 2. The van der Waals surface area contributed by atoms with Crippen LogP contribution in [0.1, 0.15) is 10.4 Å². The average molecular weight is 459 g/mol. The van der Waals surface area contributed by atoms with Crippen molar-refractivity contribution in [3.63, 3.8) is 0 Å². The Bertz CT molecular complexity index is 1000. The normalized spacial score (nSPS) is 15.2. The number of piperazine rings is 1. The van der Waals surface area contributed by atoms with E-state index >= 15 is 0 Å². The third kappa shape index (κ3) is 4.16. The van der Waals surface area contributed by atoms with Gasteiger partial charge in [0.2, 0.25) is 10.0 Å². The number of sulfonamides is 1. The highest BCUT2D eigenvalue weighted by molar-refractivity contribution is 7.89. The molecule has 0 N–H and O–H groups in total. The number of amides is 1. The second-order valence-electron chi connectivity index (χ2n) is 6.29. The third-order valence-corrected chi connectivity index (χ3v) is 7.53. The van der Waals surface area contributed by atoms with Gasteiger partial charge in [0.05, 0.1) is 29.8 Å². The van der Waals surface area contributed by atoms with Gasteiger partial charge >= 0.3 is 0 Å². The van der Waals surface area contributed by atoms with Gasteiger partial charge in [0, 0.05) is 26.2 Å². The molecule has 1 amide bonds. The molecule has 156 valence electrons. The summed E-state index contributed by atoms with van der Waals surface area (Å²) >= 11 is 12.1. The molecule has 1 aliphatic rings. The summed E-state index contributed by atoms with van der Waals surface area (Å²) in [5.41, 5.74) is 0.359. The lowest BCUT2D eigenvalue weighted by Crippen LogP contribution is -2.50. The van der Waals surface area contributed by atoms with Gasteiger partial charge in [-0.2, -0.15) is 4.31 Å². The quantitative estimate of drug-likeness (QED) is 0.687. The standard InChI is InChI=1S/C19H20Cl2N2O5S/c1-27-16-8-3-5-13(17(16)28-2)19(24)22-9-11-23(12-10-22)29(25,26)18-14(20)6-4-7-15(18)21/h3-8H,9-12H2,1-2H3. The summed E-state index contributed by atoms with van der Waals surface area (Å²) in [5.74, 6) is 0.541. The molecule has 0 atom stereocenters. The number of hydrogen-bond acceptors (Lipinski definition) is 5. The summed E-state index contributed by atoms with van der Waals surface area (Å²) in [6.45, 7) is 0.699. The first-order valence-electron chi connectivity index (χ1n) is 8.75. The predicted octanol–water partition coefficient (Wildman–Crippen LogP) is 3.16. The zero-order chi connectivity index (χ0) is 21.2. The van der Waals surface area contributed by atoms with Crippen LogP contribution in [-0.4, -0.2) is 63.9 Å². The van der Waals surface area contributed by atoms with Crippen molar-refractivity contribution in [2.24, 2.45) is 0 Å². The van der Waals surface area contributed by atoms with E-state index in [9.17, 15) is 13.2 Å². The Morgan fingerprint density at radius 3 is 2.07 bits per heavy atom. The number of carbonyl (C=O) groups excluding carboxylic acids is 1. The van der Waals surface area contributed by atoms with Gasteiger partial charge in [0.25, 0.3) is 5.91 Å².